The third-order valence-electron chi connectivity index (χ3n) is 2.97. The van der Waals surface area contributed by atoms with Gasteiger partial charge < -0.3 is 11.1 Å². The van der Waals surface area contributed by atoms with E-state index in [1.807, 2.05) is 27.7 Å². The molecule has 7 heteroatoms. The van der Waals surface area contributed by atoms with Crippen molar-refractivity contribution in [2.24, 2.45) is 0 Å². The molecule has 20 heavy (non-hydrogen) atoms. The van der Waals surface area contributed by atoms with E-state index in [-0.39, 0.29) is 18.0 Å². The van der Waals surface area contributed by atoms with Crippen LogP contribution >= 0.6 is 0 Å². The number of carbonyl (C=O) groups is 1. The first kappa shape index (κ1) is 14.1. The minimum Gasteiger partial charge on any atom is -0.383 e. The van der Waals surface area contributed by atoms with Gasteiger partial charge in [0, 0.05) is 18.2 Å². The molecule has 2 rings (SSSR count). The molecule has 0 saturated heterocycles. The first-order chi connectivity index (χ1) is 9.41. The molecule has 0 radical (unpaired) electrons. The molecule has 7 nitrogen and oxygen atoms in total. The summed E-state index contributed by atoms with van der Waals surface area (Å²) in [5.74, 6) is 0.728. The van der Waals surface area contributed by atoms with E-state index in [0.29, 0.717) is 17.2 Å². The van der Waals surface area contributed by atoms with Crippen molar-refractivity contribution in [3.05, 3.63) is 24.0 Å². The van der Waals surface area contributed by atoms with Crippen molar-refractivity contribution in [2.45, 2.75) is 39.8 Å². The van der Waals surface area contributed by atoms with Crippen LogP contribution in [-0.4, -0.2) is 25.5 Å². The minimum absolute atomic E-state index is 0.109. The predicted molar refractivity (Wildman–Crippen MR) is 77.6 cm³/mol. The summed E-state index contributed by atoms with van der Waals surface area (Å²) in [6, 6.07) is 2.02. The summed E-state index contributed by atoms with van der Waals surface area (Å²) >= 11 is 0. The number of hydrogen-bond acceptors (Lipinski definition) is 4. The second-order valence-electron chi connectivity index (χ2n) is 5.19. The maximum absolute atomic E-state index is 12.3. The fraction of sp³-hybridized carbons (Fsp3) is 0.462. The maximum atomic E-state index is 12.3. The number of nitrogens with one attached hydrogen (secondary N) is 1. The summed E-state index contributed by atoms with van der Waals surface area (Å²) in [4.78, 5) is 12.3. The Morgan fingerprint density at radius 1 is 1.20 bits per heavy atom. The van der Waals surface area contributed by atoms with Crippen molar-refractivity contribution < 1.29 is 4.79 Å². The van der Waals surface area contributed by atoms with Gasteiger partial charge in [0.1, 0.15) is 17.2 Å². The summed E-state index contributed by atoms with van der Waals surface area (Å²) in [6.45, 7) is 7.90. The fourth-order valence-corrected chi connectivity index (χ4v) is 1.97. The number of nitrogen functional groups attached to an aromatic ring is 1. The Morgan fingerprint density at radius 2 is 1.85 bits per heavy atom. The molecule has 3 N–H and O–H groups in total. The number of carbonyl (C=O) groups excluding carboxylic acids is 1. The Balaban J connectivity index is 2.22. The van der Waals surface area contributed by atoms with E-state index in [9.17, 15) is 4.79 Å². The van der Waals surface area contributed by atoms with Crippen molar-refractivity contribution in [3.63, 3.8) is 0 Å². The van der Waals surface area contributed by atoms with Crippen LogP contribution in [0.15, 0.2) is 18.5 Å². The van der Waals surface area contributed by atoms with Gasteiger partial charge in [0.2, 0.25) is 0 Å². The highest BCUT2D eigenvalue weighted by molar-refractivity contribution is 6.06. The fourth-order valence-electron chi connectivity index (χ4n) is 1.97. The van der Waals surface area contributed by atoms with E-state index in [1.165, 1.54) is 6.20 Å². The zero-order chi connectivity index (χ0) is 14.9. The molecule has 0 aromatic carbocycles. The second kappa shape index (κ2) is 5.36. The van der Waals surface area contributed by atoms with Crippen LogP contribution in [0.1, 0.15) is 50.1 Å². The molecule has 0 saturated carbocycles. The number of anilines is 2. The first-order valence-corrected chi connectivity index (χ1v) is 6.59. The van der Waals surface area contributed by atoms with Crippen molar-refractivity contribution in [3.8, 4) is 0 Å². The van der Waals surface area contributed by atoms with Gasteiger partial charge >= 0.3 is 0 Å². The van der Waals surface area contributed by atoms with Crippen molar-refractivity contribution in [2.75, 3.05) is 11.1 Å². The highest BCUT2D eigenvalue weighted by Crippen LogP contribution is 2.19. The van der Waals surface area contributed by atoms with E-state index in [4.69, 9.17) is 5.73 Å². The van der Waals surface area contributed by atoms with Gasteiger partial charge in [-0.3, -0.25) is 4.79 Å². The molecule has 0 aliphatic rings. The van der Waals surface area contributed by atoms with Crippen LogP contribution in [0.5, 0.6) is 0 Å². The molecule has 2 aromatic rings. The average molecular weight is 276 g/mol. The summed E-state index contributed by atoms with van der Waals surface area (Å²) in [5, 5.41) is 11.1. The van der Waals surface area contributed by atoms with Gasteiger partial charge in [0.25, 0.3) is 5.91 Å². The van der Waals surface area contributed by atoms with Gasteiger partial charge in [-0.2, -0.15) is 10.2 Å². The first-order valence-electron chi connectivity index (χ1n) is 6.59. The summed E-state index contributed by atoms with van der Waals surface area (Å²) in [5.41, 5.74) is 6.32. The molecule has 2 aromatic heterocycles. The lowest BCUT2D eigenvalue weighted by molar-refractivity contribution is 0.102. The normalized spacial score (nSPS) is 11.3. The number of nitrogens with zero attached hydrogens (tertiary/aromatic N) is 4. The van der Waals surface area contributed by atoms with Gasteiger partial charge in [-0.25, -0.2) is 9.36 Å². The molecular formula is C13H20N6O. The molecule has 0 unspecified atom stereocenters. The number of aromatic nitrogens is 4. The van der Waals surface area contributed by atoms with Crippen LogP contribution in [0.25, 0.3) is 0 Å². The van der Waals surface area contributed by atoms with E-state index in [1.54, 1.807) is 21.6 Å². The van der Waals surface area contributed by atoms with Gasteiger partial charge in [-0.1, -0.05) is 0 Å². The van der Waals surface area contributed by atoms with Gasteiger partial charge in [-0.15, -0.1) is 0 Å². The molecule has 108 valence electrons. The van der Waals surface area contributed by atoms with Crippen LogP contribution in [0.3, 0.4) is 0 Å². The number of rotatable bonds is 4. The quantitative estimate of drug-likeness (QED) is 0.894. The van der Waals surface area contributed by atoms with E-state index in [2.05, 4.69) is 15.5 Å². The smallest absolute Gasteiger partial charge is 0.262 e. The van der Waals surface area contributed by atoms with Crippen LogP contribution in [-0.2, 0) is 0 Å². The molecule has 0 fully saturated rings. The van der Waals surface area contributed by atoms with Crippen molar-refractivity contribution >= 4 is 17.5 Å². The minimum atomic E-state index is -0.281. The summed E-state index contributed by atoms with van der Waals surface area (Å²) in [6.07, 6.45) is 3.14. The molecule has 0 aliphatic heterocycles. The lowest BCUT2D eigenvalue weighted by Crippen LogP contribution is -2.18. The molecule has 0 atom stereocenters. The Morgan fingerprint density at radius 3 is 2.40 bits per heavy atom. The zero-order valence-electron chi connectivity index (χ0n) is 12.2. The third-order valence-corrected chi connectivity index (χ3v) is 2.97. The highest BCUT2D eigenvalue weighted by atomic mass is 16.1. The maximum Gasteiger partial charge on any atom is 0.262 e. The number of nitrogens with two attached hydrogens (primary N) is 1. The van der Waals surface area contributed by atoms with E-state index >= 15 is 0 Å². The van der Waals surface area contributed by atoms with Crippen LogP contribution in [0.2, 0.25) is 0 Å². The van der Waals surface area contributed by atoms with Crippen LogP contribution < -0.4 is 11.1 Å². The summed E-state index contributed by atoms with van der Waals surface area (Å²) < 4.78 is 3.36. The topological polar surface area (TPSA) is 90.8 Å². The number of amides is 1. The SMILES string of the molecule is CC(C)n1nccc1NC(=O)c1cnn(C(C)C)c1N. The lowest BCUT2D eigenvalue weighted by Gasteiger charge is -2.12. The Hall–Kier alpha value is -2.31. The molecule has 2 heterocycles. The molecule has 0 bridgehead atoms. The Labute approximate surface area is 117 Å². The van der Waals surface area contributed by atoms with E-state index < -0.39 is 0 Å². The lowest BCUT2D eigenvalue weighted by atomic mass is 10.3. The van der Waals surface area contributed by atoms with Crippen LogP contribution in [0.4, 0.5) is 11.6 Å². The monoisotopic (exact) mass is 276 g/mol. The number of hydrogen-bond donors (Lipinski definition) is 2. The Bertz CT molecular complexity index is 610. The molecule has 0 aliphatic carbocycles. The van der Waals surface area contributed by atoms with Gasteiger partial charge in [0.15, 0.2) is 0 Å². The summed E-state index contributed by atoms with van der Waals surface area (Å²) in [7, 11) is 0. The zero-order valence-corrected chi connectivity index (χ0v) is 12.2. The molecule has 0 spiro atoms. The predicted octanol–water partition coefficient (Wildman–Crippen LogP) is 2.08. The largest absolute Gasteiger partial charge is 0.383 e. The van der Waals surface area contributed by atoms with Crippen LogP contribution in [0, 0.1) is 0 Å². The second-order valence-corrected chi connectivity index (χ2v) is 5.19. The van der Waals surface area contributed by atoms with Crippen molar-refractivity contribution in [1.29, 1.82) is 0 Å². The standard InChI is InChI=1S/C13H20N6O/c1-8(2)18-11(5-6-15-18)17-13(20)10-7-16-19(9(3)4)12(10)14/h5-9H,14H2,1-4H3,(H,17,20). The van der Waals surface area contributed by atoms with E-state index in [0.717, 1.165) is 0 Å². The van der Waals surface area contributed by atoms with Gasteiger partial charge in [0.05, 0.1) is 12.4 Å². The van der Waals surface area contributed by atoms with Crippen molar-refractivity contribution in [1.82, 2.24) is 19.6 Å². The Kier molecular flexibility index (Phi) is 3.78. The highest BCUT2D eigenvalue weighted by Gasteiger charge is 2.18. The van der Waals surface area contributed by atoms with Gasteiger partial charge in [-0.05, 0) is 27.7 Å². The third kappa shape index (κ3) is 2.52. The molecular weight excluding hydrogens is 256 g/mol. The average Bonchev–Trinajstić information content (AvgIpc) is 2.95. The molecule has 1 amide bonds.